The van der Waals surface area contributed by atoms with E-state index < -0.39 is 11.6 Å². The summed E-state index contributed by atoms with van der Waals surface area (Å²) in [4.78, 5) is 16.5. The maximum Gasteiger partial charge on any atom is 0.319 e. The summed E-state index contributed by atoms with van der Waals surface area (Å²) >= 11 is 0. The lowest BCUT2D eigenvalue weighted by Crippen LogP contribution is -2.43. The molecule has 55 heavy (non-hydrogen) atoms. The molecule has 11 nitrogen and oxygen atoms in total. The van der Waals surface area contributed by atoms with E-state index in [1.807, 2.05) is 35.1 Å². The van der Waals surface area contributed by atoms with Gasteiger partial charge in [-0.15, -0.1) is 5.10 Å². The summed E-state index contributed by atoms with van der Waals surface area (Å²) in [5, 5.41) is 9.52. The van der Waals surface area contributed by atoms with Gasteiger partial charge in [-0.3, -0.25) is 9.88 Å². The van der Waals surface area contributed by atoms with E-state index in [0.29, 0.717) is 53.2 Å². The van der Waals surface area contributed by atoms with Crippen molar-refractivity contribution in [2.45, 2.75) is 69.9 Å². The van der Waals surface area contributed by atoms with Gasteiger partial charge in [0.25, 0.3) is 0 Å². The van der Waals surface area contributed by atoms with E-state index in [1.165, 1.54) is 12.3 Å². The topological polar surface area (TPSA) is 109 Å². The highest BCUT2D eigenvalue weighted by Gasteiger charge is 2.45. The number of hydrogen-bond donors (Lipinski definition) is 1. The van der Waals surface area contributed by atoms with Gasteiger partial charge >= 0.3 is 6.01 Å². The molecule has 1 unspecified atom stereocenters. The first-order valence-electron chi connectivity index (χ1n) is 19.1. The first kappa shape index (κ1) is 35.3. The quantitative estimate of drug-likeness (QED) is 0.132. The van der Waals surface area contributed by atoms with Crippen LogP contribution in [-0.4, -0.2) is 68.6 Å². The molecule has 0 saturated carbocycles. The number of nitrogens with one attached hydrogen (secondary N) is 1. The van der Waals surface area contributed by atoms with Crippen molar-refractivity contribution in [3.05, 3.63) is 95.8 Å². The lowest BCUT2D eigenvalue weighted by atomic mass is 9.95. The monoisotopic (exact) mass is 747 g/mol. The highest BCUT2D eigenvalue weighted by Crippen LogP contribution is 2.40. The average Bonchev–Trinajstić information content (AvgIpc) is 3.94. The number of methoxy groups -OCH3 is 1. The zero-order valence-electron chi connectivity index (χ0n) is 30.8. The maximum atomic E-state index is 16.9. The number of fused-ring (bicyclic) bond motifs is 3. The summed E-state index contributed by atoms with van der Waals surface area (Å²) in [7, 11) is 1.63. The van der Waals surface area contributed by atoms with Gasteiger partial charge in [0.05, 0.1) is 23.6 Å². The number of pyridine rings is 1. The number of ether oxygens (including phenoxy) is 4. The van der Waals surface area contributed by atoms with Gasteiger partial charge in [0, 0.05) is 36.5 Å². The minimum atomic E-state index is -0.684. The van der Waals surface area contributed by atoms with Crippen LogP contribution in [0.15, 0.2) is 73.1 Å². The molecule has 1 atom stereocenters. The molecule has 6 heterocycles. The molecule has 0 amide bonds. The molecule has 0 aliphatic carbocycles. The number of aromatic nitrogens is 5. The van der Waals surface area contributed by atoms with E-state index in [0.717, 1.165) is 74.9 Å². The van der Waals surface area contributed by atoms with Crippen molar-refractivity contribution in [2.75, 3.05) is 38.7 Å². The Labute approximate surface area is 317 Å². The van der Waals surface area contributed by atoms with Gasteiger partial charge in [-0.25, -0.2) is 13.5 Å². The second-order valence-electron chi connectivity index (χ2n) is 14.6. The fourth-order valence-electron chi connectivity index (χ4n) is 8.36. The van der Waals surface area contributed by atoms with Crippen LogP contribution in [0.4, 0.5) is 14.6 Å². The van der Waals surface area contributed by atoms with Gasteiger partial charge in [-0.1, -0.05) is 42.5 Å². The third-order valence-corrected chi connectivity index (χ3v) is 11.3. The fourth-order valence-corrected chi connectivity index (χ4v) is 8.36. The standard InChI is InChI=1S/C42H43F2N7O4/c1-52-30-15-13-27(14-16-30)25-54-40-29(24-51(49-40)34-12-2-3-21-53-34)22-46-39-32-23-45-37(31-10-4-8-28-9-5-11-33(43)35(28)31)36(44)38(32)47-41(48-39)55-26-42-17-6-19-50(42)20-7-18-42/h4-5,8-11,13-16,23-24,34H,2-3,6-7,12,17-22,25-26H2,1H3,(H,46,47,48). The van der Waals surface area contributed by atoms with E-state index in [4.69, 9.17) is 29.0 Å². The van der Waals surface area contributed by atoms with Crippen LogP contribution in [-0.2, 0) is 17.9 Å². The van der Waals surface area contributed by atoms with Crippen LogP contribution in [0.3, 0.4) is 0 Å². The largest absolute Gasteiger partial charge is 0.497 e. The molecule has 284 valence electrons. The number of anilines is 1. The summed E-state index contributed by atoms with van der Waals surface area (Å²) < 4.78 is 57.9. The van der Waals surface area contributed by atoms with Gasteiger partial charge in [-0.2, -0.15) is 9.97 Å². The molecular weight excluding hydrogens is 705 g/mol. The smallest absolute Gasteiger partial charge is 0.319 e. The third-order valence-electron chi connectivity index (χ3n) is 11.3. The molecule has 3 saturated heterocycles. The molecule has 13 heteroatoms. The summed E-state index contributed by atoms with van der Waals surface area (Å²) in [6, 6.07) is 17.8. The Balaban J connectivity index is 1.07. The molecule has 3 aliphatic rings. The Morgan fingerprint density at radius 3 is 2.55 bits per heavy atom. The summed E-state index contributed by atoms with van der Waals surface area (Å²) in [6.45, 7) is 3.69. The first-order valence-corrected chi connectivity index (χ1v) is 19.1. The Morgan fingerprint density at radius 1 is 0.945 bits per heavy atom. The second kappa shape index (κ2) is 15.0. The molecular formula is C42H43F2N7O4. The number of hydrogen-bond acceptors (Lipinski definition) is 10. The van der Waals surface area contributed by atoms with Crippen molar-refractivity contribution in [2.24, 2.45) is 0 Å². The molecule has 0 bridgehead atoms. The molecule has 3 aliphatic heterocycles. The number of benzene rings is 3. The summed E-state index contributed by atoms with van der Waals surface area (Å²) in [5.41, 5.74) is 2.02. The molecule has 3 fully saturated rings. The fraction of sp³-hybridized carbons (Fsp3) is 0.381. The van der Waals surface area contributed by atoms with Crippen LogP contribution >= 0.6 is 0 Å². The van der Waals surface area contributed by atoms with Crippen molar-refractivity contribution in [3.8, 4) is 28.9 Å². The van der Waals surface area contributed by atoms with Crippen molar-refractivity contribution in [3.63, 3.8) is 0 Å². The van der Waals surface area contributed by atoms with Crippen LogP contribution < -0.4 is 19.5 Å². The van der Waals surface area contributed by atoms with Gasteiger partial charge in [0.15, 0.2) is 5.82 Å². The van der Waals surface area contributed by atoms with Crippen molar-refractivity contribution < 1.29 is 27.7 Å². The normalized spacial score (nSPS) is 18.1. The van der Waals surface area contributed by atoms with Crippen molar-refractivity contribution in [1.82, 2.24) is 29.6 Å². The Hall–Kier alpha value is -5.40. The number of rotatable bonds is 12. The molecule has 0 spiro atoms. The molecule has 3 aromatic heterocycles. The average molecular weight is 748 g/mol. The van der Waals surface area contributed by atoms with Gasteiger partial charge in [-0.05, 0) is 87.2 Å². The van der Waals surface area contributed by atoms with Crippen LogP contribution in [0.2, 0.25) is 0 Å². The maximum absolute atomic E-state index is 16.9. The van der Waals surface area contributed by atoms with Crippen molar-refractivity contribution >= 4 is 27.5 Å². The molecule has 3 aromatic carbocycles. The zero-order valence-corrected chi connectivity index (χ0v) is 30.8. The predicted octanol–water partition coefficient (Wildman–Crippen LogP) is 8.23. The van der Waals surface area contributed by atoms with Gasteiger partial charge < -0.3 is 24.3 Å². The van der Waals surface area contributed by atoms with E-state index >= 15 is 8.78 Å². The first-order chi connectivity index (χ1) is 27.0. The lowest BCUT2D eigenvalue weighted by Gasteiger charge is -2.31. The van der Waals surface area contributed by atoms with Crippen LogP contribution in [0, 0.1) is 11.6 Å². The number of nitrogens with zero attached hydrogens (tertiary/aromatic N) is 6. The summed E-state index contributed by atoms with van der Waals surface area (Å²) in [5.74, 6) is 0.412. The summed E-state index contributed by atoms with van der Waals surface area (Å²) in [6.07, 6.45) is 10.5. The van der Waals surface area contributed by atoms with Crippen LogP contribution in [0.5, 0.6) is 17.6 Å². The van der Waals surface area contributed by atoms with E-state index in [9.17, 15) is 0 Å². The minimum absolute atomic E-state index is 0.00173. The number of halogens is 2. The highest BCUT2D eigenvalue weighted by molar-refractivity contribution is 5.99. The van der Waals surface area contributed by atoms with Gasteiger partial charge in [0.2, 0.25) is 5.88 Å². The highest BCUT2D eigenvalue weighted by atomic mass is 19.1. The Morgan fingerprint density at radius 2 is 1.76 bits per heavy atom. The second-order valence-corrected chi connectivity index (χ2v) is 14.6. The molecule has 0 radical (unpaired) electrons. The Bertz CT molecular complexity index is 2310. The lowest BCUT2D eigenvalue weighted by molar-refractivity contribution is -0.0401. The van der Waals surface area contributed by atoms with Crippen LogP contribution in [0.25, 0.3) is 32.9 Å². The minimum Gasteiger partial charge on any atom is -0.497 e. The van der Waals surface area contributed by atoms with Crippen molar-refractivity contribution in [1.29, 1.82) is 0 Å². The van der Waals surface area contributed by atoms with Gasteiger partial charge in [0.1, 0.15) is 48.0 Å². The third kappa shape index (κ3) is 6.91. The SMILES string of the molecule is COc1ccc(COc2nn(C3CCCCO3)cc2CNc2nc(OCC34CCCN3CCC4)nc3c(F)c(-c4cccc5cccc(F)c45)ncc23)cc1. The Kier molecular flexibility index (Phi) is 9.65. The van der Waals surface area contributed by atoms with E-state index in [1.54, 1.807) is 37.4 Å². The molecule has 9 rings (SSSR count). The van der Waals surface area contributed by atoms with E-state index in [2.05, 4.69) is 20.2 Å². The van der Waals surface area contributed by atoms with Crippen LogP contribution in [0.1, 0.15) is 62.3 Å². The molecule has 6 aromatic rings. The molecule has 1 N–H and O–H groups in total. The van der Waals surface area contributed by atoms with E-state index in [-0.39, 0.29) is 35.5 Å². The predicted molar refractivity (Wildman–Crippen MR) is 204 cm³/mol. The zero-order chi connectivity index (χ0) is 37.4.